The second-order valence-electron chi connectivity index (χ2n) is 11.5. The van der Waals surface area contributed by atoms with Crippen LogP contribution in [0.4, 0.5) is 0 Å². The van der Waals surface area contributed by atoms with Crippen LogP contribution < -0.4 is 16.0 Å². The van der Waals surface area contributed by atoms with Gasteiger partial charge in [0.2, 0.25) is 17.7 Å². The van der Waals surface area contributed by atoms with Crippen LogP contribution in [0.5, 0.6) is 0 Å². The summed E-state index contributed by atoms with van der Waals surface area (Å²) in [7, 11) is 0. The van der Waals surface area contributed by atoms with E-state index in [0.717, 1.165) is 12.8 Å². The van der Waals surface area contributed by atoms with Crippen molar-refractivity contribution in [1.82, 2.24) is 20.9 Å². The molecule has 0 bridgehead atoms. The molecule has 1 aromatic carbocycles. The summed E-state index contributed by atoms with van der Waals surface area (Å²) in [5, 5.41) is 8.24. The maximum absolute atomic E-state index is 13.9. The van der Waals surface area contributed by atoms with Gasteiger partial charge in [0.1, 0.15) is 23.9 Å². The number of nitrogens with zero attached hydrogens (tertiary/aromatic N) is 1. The zero-order valence-corrected chi connectivity index (χ0v) is 25.2. The molecule has 10 nitrogen and oxygen atoms in total. The third-order valence-corrected chi connectivity index (χ3v) is 8.43. The van der Waals surface area contributed by atoms with Crippen molar-refractivity contribution >= 4 is 35.2 Å². The van der Waals surface area contributed by atoms with Crippen LogP contribution in [0.3, 0.4) is 0 Å². The lowest BCUT2D eigenvalue weighted by atomic mass is 9.93. The monoisotopic (exact) mass is 582 g/mol. The van der Waals surface area contributed by atoms with Gasteiger partial charge in [0.05, 0.1) is 0 Å². The molecule has 2 saturated heterocycles. The first kappa shape index (κ1) is 32.9. The highest BCUT2D eigenvalue weighted by molar-refractivity contribution is 6.10. The molecule has 0 spiro atoms. The molecule has 0 unspecified atom stereocenters. The maximum Gasteiger partial charge on any atom is 0.251 e. The van der Waals surface area contributed by atoms with Crippen molar-refractivity contribution in [3.63, 3.8) is 0 Å². The van der Waals surface area contributed by atoms with Gasteiger partial charge in [0, 0.05) is 25.8 Å². The molecule has 5 atom stereocenters. The van der Waals surface area contributed by atoms with Gasteiger partial charge in [-0.05, 0) is 43.6 Å². The third-order valence-electron chi connectivity index (χ3n) is 8.43. The second-order valence-corrected chi connectivity index (χ2v) is 11.5. The van der Waals surface area contributed by atoms with Crippen LogP contribution in [0, 0.1) is 5.92 Å². The number of piperidine rings is 1. The van der Waals surface area contributed by atoms with Crippen LogP contribution in [-0.2, 0) is 35.2 Å². The summed E-state index contributed by atoms with van der Waals surface area (Å²) in [5.41, 5.74) is 0.688. The number of rotatable bonds is 12. The van der Waals surface area contributed by atoms with Crippen LogP contribution in [0.1, 0.15) is 90.5 Å². The minimum Gasteiger partial charge on any atom is -0.343 e. The first-order valence-corrected chi connectivity index (χ1v) is 15.5. The Morgan fingerprint density at radius 2 is 1.64 bits per heavy atom. The van der Waals surface area contributed by atoms with E-state index in [1.165, 1.54) is 4.90 Å². The zero-order valence-electron chi connectivity index (χ0n) is 25.2. The lowest BCUT2D eigenvalue weighted by molar-refractivity contribution is -0.148. The van der Waals surface area contributed by atoms with Gasteiger partial charge in [-0.1, -0.05) is 70.4 Å². The Kier molecular flexibility index (Phi) is 12.7. The fourth-order valence-corrected chi connectivity index (χ4v) is 5.56. The zero-order chi connectivity index (χ0) is 30.6. The predicted molar refractivity (Wildman–Crippen MR) is 158 cm³/mol. The van der Waals surface area contributed by atoms with Gasteiger partial charge in [-0.3, -0.25) is 28.8 Å². The Hall–Kier alpha value is -3.56. The number of hydrogen-bond donors (Lipinski definition) is 3. The topological polar surface area (TPSA) is 142 Å². The highest BCUT2D eigenvalue weighted by atomic mass is 16.2. The van der Waals surface area contributed by atoms with Crippen molar-refractivity contribution in [2.75, 3.05) is 6.54 Å². The Balaban J connectivity index is 1.91. The largest absolute Gasteiger partial charge is 0.343 e. The van der Waals surface area contributed by atoms with E-state index in [0.29, 0.717) is 57.1 Å². The molecule has 2 fully saturated rings. The molecule has 1 aromatic rings. The van der Waals surface area contributed by atoms with Gasteiger partial charge >= 0.3 is 0 Å². The maximum atomic E-state index is 13.9. The quantitative estimate of drug-likeness (QED) is 0.256. The highest BCUT2D eigenvalue weighted by Gasteiger charge is 2.41. The van der Waals surface area contributed by atoms with Gasteiger partial charge < -0.3 is 20.9 Å². The SMILES string of the molecule is CCC(=O)CCCCC[C@@H]1NC(=O)[C@H]2CCCCN2C(=O)[C@H]([C@H](C)CC)NC(=O)[C@@H](C(=O)Cc2ccccc2)NC1=O. The van der Waals surface area contributed by atoms with E-state index in [-0.39, 0.29) is 30.4 Å². The molecule has 0 saturated carbocycles. The van der Waals surface area contributed by atoms with Gasteiger partial charge in [-0.2, -0.15) is 0 Å². The summed E-state index contributed by atoms with van der Waals surface area (Å²) in [6.07, 6.45) is 5.61. The highest BCUT2D eigenvalue weighted by Crippen LogP contribution is 2.22. The van der Waals surface area contributed by atoms with E-state index in [1.54, 1.807) is 24.3 Å². The smallest absolute Gasteiger partial charge is 0.251 e. The van der Waals surface area contributed by atoms with Crippen molar-refractivity contribution < 1.29 is 28.8 Å². The van der Waals surface area contributed by atoms with Crippen LogP contribution in [-0.4, -0.2) is 70.8 Å². The summed E-state index contributed by atoms with van der Waals surface area (Å²) in [6.45, 7) is 5.95. The number of ketones is 2. The number of carbonyl (C=O) groups excluding carboxylic acids is 6. The van der Waals surface area contributed by atoms with E-state index in [2.05, 4.69) is 16.0 Å². The lowest BCUT2D eigenvalue weighted by Crippen LogP contribution is -2.65. The lowest BCUT2D eigenvalue weighted by Gasteiger charge is -2.39. The van der Waals surface area contributed by atoms with Crippen molar-refractivity contribution in [2.45, 2.75) is 116 Å². The summed E-state index contributed by atoms with van der Waals surface area (Å²) < 4.78 is 0. The number of unbranched alkanes of at least 4 members (excludes halogenated alkanes) is 2. The van der Waals surface area contributed by atoms with Gasteiger partial charge in [-0.25, -0.2) is 0 Å². The molecular weight excluding hydrogens is 536 g/mol. The third kappa shape index (κ3) is 8.97. The first-order valence-electron chi connectivity index (χ1n) is 15.5. The predicted octanol–water partition coefficient (Wildman–Crippen LogP) is 2.62. The van der Waals surface area contributed by atoms with Crippen LogP contribution in [0.25, 0.3) is 0 Å². The molecule has 4 amide bonds. The van der Waals surface area contributed by atoms with Crippen molar-refractivity contribution in [2.24, 2.45) is 5.92 Å². The minimum atomic E-state index is -1.53. The normalized spacial score (nSPS) is 24.3. The van der Waals surface area contributed by atoms with E-state index in [9.17, 15) is 28.8 Å². The molecule has 2 aliphatic heterocycles. The average molecular weight is 583 g/mol. The molecule has 10 heteroatoms. The van der Waals surface area contributed by atoms with E-state index >= 15 is 0 Å². The van der Waals surface area contributed by atoms with Gasteiger partial charge in [0.15, 0.2) is 11.8 Å². The number of amides is 4. The van der Waals surface area contributed by atoms with Gasteiger partial charge in [-0.15, -0.1) is 0 Å². The first-order chi connectivity index (χ1) is 20.2. The number of nitrogens with one attached hydrogen (secondary N) is 3. The standard InChI is InChI=1S/C32H46N4O6/c1-4-21(3)27-32(42)36-19-13-12-18-25(36)30(40)33-24(17-11-7-10-16-23(37)5-2)29(39)35-28(31(41)34-27)26(38)20-22-14-8-6-9-15-22/h6,8-9,14-15,21,24-25,27-28H,4-5,7,10-13,16-20H2,1-3H3,(H,33,40)(H,34,41)(H,35,39)/t21-,24+,25-,27+,28-/m1/s1. The molecule has 2 heterocycles. The summed E-state index contributed by atoms with van der Waals surface area (Å²) in [4.78, 5) is 81.4. The molecule has 0 aromatic heterocycles. The molecule has 42 heavy (non-hydrogen) atoms. The number of Topliss-reactive ketones (excluding diaryl/α,β-unsaturated/α-hetero) is 2. The van der Waals surface area contributed by atoms with Gasteiger partial charge in [0.25, 0.3) is 5.91 Å². The number of fused-ring (bicyclic) bond motifs is 1. The Morgan fingerprint density at radius 1 is 0.905 bits per heavy atom. The molecule has 3 rings (SSSR count). The van der Waals surface area contributed by atoms with E-state index in [1.807, 2.05) is 26.8 Å². The minimum absolute atomic E-state index is 0.0855. The van der Waals surface area contributed by atoms with Crippen LogP contribution in [0.15, 0.2) is 30.3 Å². The van der Waals surface area contributed by atoms with Crippen molar-refractivity contribution in [3.8, 4) is 0 Å². The van der Waals surface area contributed by atoms with Crippen LogP contribution in [0.2, 0.25) is 0 Å². The fraction of sp³-hybridized carbons (Fsp3) is 0.625. The Bertz CT molecular complexity index is 1120. The molecule has 0 aliphatic carbocycles. The molecular formula is C32H46N4O6. The Morgan fingerprint density at radius 3 is 2.33 bits per heavy atom. The molecule has 0 radical (unpaired) electrons. The summed E-state index contributed by atoms with van der Waals surface area (Å²) in [6, 6.07) is 4.70. The average Bonchev–Trinajstić information content (AvgIpc) is 3.00. The molecule has 3 N–H and O–H groups in total. The fourth-order valence-electron chi connectivity index (χ4n) is 5.56. The van der Waals surface area contributed by atoms with Crippen LogP contribution >= 0.6 is 0 Å². The van der Waals surface area contributed by atoms with E-state index < -0.39 is 47.7 Å². The molecule has 230 valence electrons. The summed E-state index contributed by atoms with van der Waals surface area (Å²) in [5.74, 6) is -2.72. The molecule has 2 aliphatic rings. The van der Waals surface area contributed by atoms with E-state index in [4.69, 9.17) is 0 Å². The summed E-state index contributed by atoms with van der Waals surface area (Å²) >= 11 is 0. The Labute approximate surface area is 248 Å². The second kappa shape index (κ2) is 16.2. The van der Waals surface area contributed by atoms with Crippen molar-refractivity contribution in [3.05, 3.63) is 35.9 Å². The number of carbonyl (C=O) groups is 6. The number of hydrogen-bond acceptors (Lipinski definition) is 6. The van der Waals surface area contributed by atoms with Crippen molar-refractivity contribution in [1.29, 1.82) is 0 Å². The number of benzene rings is 1.